The largest absolute Gasteiger partial charge is 0.332 e. The predicted molar refractivity (Wildman–Crippen MR) is 70.6 cm³/mol. The van der Waals surface area contributed by atoms with E-state index in [0.717, 1.165) is 4.57 Å². The highest BCUT2D eigenvalue weighted by Gasteiger charge is 2.16. The highest BCUT2D eigenvalue weighted by Crippen LogP contribution is 2.10. The van der Waals surface area contributed by atoms with Crippen LogP contribution in [0.1, 0.15) is 13.8 Å². The van der Waals surface area contributed by atoms with Gasteiger partial charge in [-0.2, -0.15) is 4.98 Å². The van der Waals surface area contributed by atoms with E-state index < -0.39 is 11.2 Å². The molecule has 1 atom stereocenters. The number of aromatic nitrogens is 4. The molecule has 0 saturated heterocycles. The number of aromatic amines is 1. The summed E-state index contributed by atoms with van der Waals surface area (Å²) in [5.41, 5.74) is -0.382. The molecule has 18 heavy (non-hydrogen) atoms. The molecule has 0 aliphatic carbocycles. The molecule has 2 aromatic rings. The fraction of sp³-hybridized carbons (Fsp3) is 0.500. The average molecular weight is 291 g/mol. The summed E-state index contributed by atoms with van der Waals surface area (Å²) in [6.07, 6.45) is 0. The van der Waals surface area contributed by atoms with Gasteiger partial charge in [-0.1, -0.05) is 0 Å². The highest BCUT2D eigenvalue weighted by atomic mass is 35.5. The third-order valence-corrected chi connectivity index (χ3v) is 2.90. The summed E-state index contributed by atoms with van der Waals surface area (Å²) in [6, 6.07) is 0. The Labute approximate surface area is 112 Å². The molecule has 6 nitrogen and oxygen atoms in total. The van der Waals surface area contributed by atoms with Crippen molar-refractivity contribution in [2.75, 3.05) is 0 Å². The Morgan fingerprint density at radius 2 is 2.06 bits per heavy atom. The third-order valence-electron chi connectivity index (χ3n) is 2.58. The van der Waals surface area contributed by atoms with E-state index >= 15 is 0 Å². The number of fused-ring (bicyclic) bond motifs is 1. The van der Waals surface area contributed by atoms with Gasteiger partial charge in [0, 0.05) is 18.5 Å². The van der Waals surface area contributed by atoms with Crippen molar-refractivity contribution in [3.8, 4) is 0 Å². The van der Waals surface area contributed by atoms with Crippen LogP contribution >= 0.6 is 23.2 Å². The van der Waals surface area contributed by atoms with Gasteiger partial charge in [0.25, 0.3) is 5.56 Å². The number of hydrogen-bond acceptors (Lipinski definition) is 3. The van der Waals surface area contributed by atoms with Crippen molar-refractivity contribution in [3.63, 3.8) is 0 Å². The van der Waals surface area contributed by atoms with E-state index in [-0.39, 0.29) is 34.9 Å². The number of nitrogens with one attached hydrogen (secondary N) is 1. The normalized spacial score (nSPS) is 13.1. The fourth-order valence-corrected chi connectivity index (χ4v) is 2.15. The van der Waals surface area contributed by atoms with Crippen molar-refractivity contribution >= 4 is 34.4 Å². The molecule has 0 saturated carbocycles. The minimum atomic E-state index is -0.425. The van der Waals surface area contributed by atoms with Crippen molar-refractivity contribution in [3.05, 3.63) is 26.1 Å². The number of nitrogens with zero attached hydrogens (tertiary/aromatic N) is 3. The molecule has 2 aromatic heterocycles. The molecule has 0 bridgehead atoms. The lowest BCUT2D eigenvalue weighted by molar-refractivity contribution is 0.583. The first-order chi connectivity index (χ1) is 8.45. The zero-order chi connectivity index (χ0) is 13.4. The van der Waals surface area contributed by atoms with Crippen molar-refractivity contribution in [2.45, 2.75) is 32.3 Å². The van der Waals surface area contributed by atoms with Crippen molar-refractivity contribution < 1.29 is 0 Å². The van der Waals surface area contributed by atoms with E-state index in [9.17, 15) is 9.59 Å². The quantitative estimate of drug-likeness (QED) is 0.682. The molecule has 0 spiro atoms. The summed E-state index contributed by atoms with van der Waals surface area (Å²) in [5, 5.41) is -0.185. The number of hydrogen-bond donors (Lipinski definition) is 1. The number of alkyl halides is 1. The maximum atomic E-state index is 12.1. The summed E-state index contributed by atoms with van der Waals surface area (Å²) in [6.45, 7) is 4.02. The summed E-state index contributed by atoms with van der Waals surface area (Å²) in [7, 11) is 0. The lowest BCUT2D eigenvalue weighted by atomic mass is 10.4. The third kappa shape index (κ3) is 2.06. The second-order valence-electron chi connectivity index (χ2n) is 3.95. The maximum Gasteiger partial charge on any atom is 0.332 e. The predicted octanol–water partition coefficient (Wildman–Crippen LogP) is 1.19. The SMILES string of the molecule is CCn1c(=O)c2[nH]c(Cl)nc2n(C[C@@H](C)Cl)c1=O. The molecule has 1 N–H and O–H groups in total. The van der Waals surface area contributed by atoms with Gasteiger partial charge in [-0.15, -0.1) is 11.6 Å². The van der Waals surface area contributed by atoms with Gasteiger partial charge < -0.3 is 4.98 Å². The summed E-state index contributed by atoms with van der Waals surface area (Å²) in [4.78, 5) is 30.8. The van der Waals surface area contributed by atoms with Crippen LogP contribution in [0.5, 0.6) is 0 Å². The topological polar surface area (TPSA) is 72.7 Å². The Morgan fingerprint density at radius 1 is 1.39 bits per heavy atom. The van der Waals surface area contributed by atoms with Gasteiger partial charge in [0.2, 0.25) is 5.28 Å². The van der Waals surface area contributed by atoms with Gasteiger partial charge in [-0.05, 0) is 25.4 Å². The lowest BCUT2D eigenvalue weighted by Crippen LogP contribution is -2.40. The molecule has 2 rings (SSSR count). The molecule has 0 aliphatic rings. The van der Waals surface area contributed by atoms with Gasteiger partial charge in [0.1, 0.15) is 0 Å². The fourth-order valence-electron chi connectivity index (χ4n) is 1.83. The molecule has 0 unspecified atom stereocenters. The van der Waals surface area contributed by atoms with Crippen LogP contribution < -0.4 is 11.2 Å². The van der Waals surface area contributed by atoms with Crippen LogP contribution in [0.2, 0.25) is 5.28 Å². The zero-order valence-electron chi connectivity index (χ0n) is 9.91. The number of imidazole rings is 1. The molecule has 0 aromatic carbocycles. The van der Waals surface area contributed by atoms with E-state index in [4.69, 9.17) is 23.2 Å². The second kappa shape index (κ2) is 4.78. The second-order valence-corrected chi connectivity index (χ2v) is 5.05. The summed E-state index contributed by atoms with van der Waals surface area (Å²) < 4.78 is 2.48. The molecular weight excluding hydrogens is 279 g/mol. The molecule has 98 valence electrons. The monoisotopic (exact) mass is 290 g/mol. The number of H-pyrrole nitrogens is 1. The molecule has 2 heterocycles. The Bertz CT molecular complexity index is 698. The molecular formula is C10H12Cl2N4O2. The van der Waals surface area contributed by atoms with Crippen molar-refractivity contribution in [1.29, 1.82) is 0 Å². The average Bonchev–Trinajstić information content (AvgIpc) is 2.67. The van der Waals surface area contributed by atoms with Crippen LogP contribution in [0.15, 0.2) is 9.59 Å². The van der Waals surface area contributed by atoms with Crippen LogP contribution in [0.3, 0.4) is 0 Å². The first kappa shape index (κ1) is 13.2. The first-order valence-electron chi connectivity index (χ1n) is 5.48. The van der Waals surface area contributed by atoms with E-state index in [1.807, 2.05) is 0 Å². The van der Waals surface area contributed by atoms with Crippen LogP contribution in [0.25, 0.3) is 11.2 Å². The molecule has 0 amide bonds. The number of halogens is 2. The lowest BCUT2D eigenvalue weighted by Gasteiger charge is -2.10. The summed E-state index contributed by atoms with van der Waals surface area (Å²) in [5.74, 6) is 0. The molecule has 0 aliphatic heterocycles. The van der Waals surface area contributed by atoms with Gasteiger partial charge in [0.05, 0.1) is 0 Å². The molecule has 0 radical (unpaired) electrons. The zero-order valence-corrected chi connectivity index (χ0v) is 11.4. The van der Waals surface area contributed by atoms with Crippen LogP contribution in [-0.2, 0) is 13.1 Å². The van der Waals surface area contributed by atoms with Crippen LogP contribution in [0, 0.1) is 0 Å². The van der Waals surface area contributed by atoms with Gasteiger partial charge in [0.15, 0.2) is 11.2 Å². The minimum absolute atomic E-state index is 0.0753. The number of rotatable bonds is 3. The Kier molecular flexibility index (Phi) is 3.49. The van der Waals surface area contributed by atoms with E-state index in [2.05, 4.69) is 9.97 Å². The summed E-state index contributed by atoms with van der Waals surface area (Å²) >= 11 is 11.7. The molecule has 8 heteroatoms. The van der Waals surface area contributed by atoms with E-state index in [0.29, 0.717) is 0 Å². The smallest absolute Gasteiger partial charge is 0.323 e. The minimum Gasteiger partial charge on any atom is -0.323 e. The Hall–Kier alpha value is -1.27. The van der Waals surface area contributed by atoms with Gasteiger partial charge in [-0.25, -0.2) is 4.79 Å². The van der Waals surface area contributed by atoms with Crippen LogP contribution in [-0.4, -0.2) is 24.5 Å². The van der Waals surface area contributed by atoms with Gasteiger partial charge in [-0.3, -0.25) is 13.9 Å². The van der Waals surface area contributed by atoms with Crippen molar-refractivity contribution in [1.82, 2.24) is 19.1 Å². The van der Waals surface area contributed by atoms with E-state index in [1.54, 1.807) is 13.8 Å². The Balaban J connectivity index is 2.89. The van der Waals surface area contributed by atoms with Crippen molar-refractivity contribution in [2.24, 2.45) is 0 Å². The Morgan fingerprint density at radius 3 is 2.61 bits per heavy atom. The standard InChI is InChI=1S/C10H12Cl2N4O2/c1-3-15-8(17)6-7(14-9(12)13-6)16(10(15)18)4-5(2)11/h5H,3-4H2,1-2H3,(H,13,14)/t5-/m1/s1. The van der Waals surface area contributed by atoms with Gasteiger partial charge >= 0.3 is 5.69 Å². The molecule has 0 fully saturated rings. The maximum absolute atomic E-state index is 12.1. The highest BCUT2D eigenvalue weighted by molar-refractivity contribution is 6.29. The van der Waals surface area contributed by atoms with Crippen LogP contribution in [0.4, 0.5) is 0 Å². The van der Waals surface area contributed by atoms with E-state index in [1.165, 1.54) is 4.57 Å². The first-order valence-corrected chi connectivity index (χ1v) is 6.30.